The van der Waals surface area contributed by atoms with E-state index in [0.717, 1.165) is 5.56 Å². The van der Waals surface area contributed by atoms with Gasteiger partial charge in [0.25, 0.3) is 10.0 Å². The lowest BCUT2D eigenvalue weighted by molar-refractivity contribution is -0.114. The molecule has 0 fully saturated rings. The summed E-state index contributed by atoms with van der Waals surface area (Å²) in [5, 5.41) is 8.64. The van der Waals surface area contributed by atoms with Gasteiger partial charge in [0.2, 0.25) is 5.91 Å². The number of carbonyl (C=O) groups excluding carboxylic acids is 1. The van der Waals surface area contributed by atoms with E-state index in [-0.39, 0.29) is 10.9 Å². The summed E-state index contributed by atoms with van der Waals surface area (Å²) in [6, 6.07) is 6.22. The summed E-state index contributed by atoms with van der Waals surface area (Å²) in [5.74, 6) is -0.182. The highest BCUT2D eigenvalue weighted by atomic mass is 32.2. The van der Waals surface area contributed by atoms with E-state index in [1.54, 1.807) is 25.1 Å². The molecule has 0 atom stereocenters. The van der Waals surface area contributed by atoms with Crippen LogP contribution >= 0.6 is 0 Å². The second kappa shape index (κ2) is 5.33. The molecule has 1 aromatic heterocycles. The lowest BCUT2D eigenvalue weighted by Gasteiger charge is -2.10. The highest BCUT2D eigenvalue weighted by molar-refractivity contribution is 7.92. The van der Waals surface area contributed by atoms with Crippen LogP contribution in [0.4, 0.5) is 11.4 Å². The van der Waals surface area contributed by atoms with Crippen molar-refractivity contribution in [3.05, 3.63) is 36.0 Å². The fraction of sp³-hybridized carbons (Fsp3) is 0.167. The molecule has 0 aliphatic rings. The summed E-state index contributed by atoms with van der Waals surface area (Å²) in [4.78, 5) is 11.0. The Morgan fingerprint density at radius 3 is 2.60 bits per heavy atom. The topological polar surface area (TPSA) is 104 Å². The van der Waals surface area contributed by atoms with Gasteiger partial charge in [0.05, 0.1) is 6.20 Å². The maximum Gasteiger partial charge on any atom is 0.278 e. The smallest absolute Gasteiger partial charge is 0.278 e. The number of carbonyl (C=O) groups is 1. The highest BCUT2D eigenvalue weighted by Gasteiger charge is 2.15. The van der Waals surface area contributed by atoms with Crippen LogP contribution in [0.5, 0.6) is 0 Å². The number of nitrogens with zero attached hydrogens (tertiary/aromatic N) is 1. The molecular formula is C12H14N4O3S. The molecule has 0 spiro atoms. The first-order chi connectivity index (χ1) is 9.38. The van der Waals surface area contributed by atoms with Crippen molar-refractivity contribution in [1.29, 1.82) is 0 Å². The normalized spacial score (nSPS) is 11.1. The first-order valence-electron chi connectivity index (χ1n) is 5.79. The van der Waals surface area contributed by atoms with Crippen LogP contribution in [0.25, 0.3) is 0 Å². The molecule has 0 saturated heterocycles. The summed E-state index contributed by atoms with van der Waals surface area (Å²) in [5.41, 5.74) is 1.80. The van der Waals surface area contributed by atoms with Crippen molar-refractivity contribution >= 4 is 27.3 Å². The monoisotopic (exact) mass is 294 g/mol. The molecule has 7 nitrogen and oxygen atoms in total. The highest BCUT2D eigenvalue weighted by Crippen LogP contribution is 2.21. The number of anilines is 2. The third-order valence-electron chi connectivity index (χ3n) is 2.55. The van der Waals surface area contributed by atoms with Crippen molar-refractivity contribution in [2.24, 2.45) is 0 Å². The standard InChI is InChI=1S/C12H14N4O3S/c1-8-7-10(3-4-11(8)14-9(2)17)16-20(18,19)12-5-6-13-15-12/h3-7,16H,1-2H3,(H,13,15)(H,14,17). The van der Waals surface area contributed by atoms with Gasteiger partial charge < -0.3 is 5.32 Å². The minimum absolute atomic E-state index is 0.0129. The lowest BCUT2D eigenvalue weighted by atomic mass is 10.2. The van der Waals surface area contributed by atoms with Crippen LogP contribution in [0.1, 0.15) is 12.5 Å². The van der Waals surface area contributed by atoms with Crippen LogP contribution in [0, 0.1) is 6.92 Å². The van der Waals surface area contributed by atoms with Crippen LogP contribution in [0.2, 0.25) is 0 Å². The zero-order valence-corrected chi connectivity index (χ0v) is 11.8. The summed E-state index contributed by atoms with van der Waals surface area (Å²) in [6.45, 7) is 3.19. The van der Waals surface area contributed by atoms with Crippen molar-refractivity contribution in [2.45, 2.75) is 18.9 Å². The van der Waals surface area contributed by atoms with Gasteiger partial charge in [-0.1, -0.05) is 0 Å². The lowest BCUT2D eigenvalue weighted by Crippen LogP contribution is -2.14. The Balaban J connectivity index is 2.23. The number of aromatic nitrogens is 2. The number of aryl methyl sites for hydroxylation is 1. The first kappa shape index (κ1) is 14.1. The number of aromatic amines is 1. The van der Waals surface area contributed by atoms with Crippen LogP contribution in [-0.2, 0) is 14.8 Å². The summed E-state index contributed by atoms with van der Waals surface area (Å²) in [7, 11) is -3.68. The Morgan fingerprint density at radius 1 is 1.30 bits per heavy atom. The predicted octanol–water partition coefficient (Wildman–Crippen LogP) is 1.48. The quantitative estimate of drug-likeness (QED) is 0.794. The van der Waals surface area contributed by atoms with E-state index in [2.05, 4.69) is 20.2 Å². The van der Waals surface area contributed by atoms with Crippen molar-refractivity contribution in [1.82, 2.24) is 10.2 Å². The van der Waals surface area contributed by atoms with Crippen LogP contribution in [0.15, 0.2) is 35.5 Å². The molecule has 0 aliphatic heterocycles. The Hall–Kier alpha value is -2.35. The zero-order chi connectivity index (χ0) is 14.8. The molecule has 2 aromatic rings. The van der Waals surface area contributed by atoms with Gasteiger partial charge in [0.1, 0.15) is 0 Å². The van der Waals surface area contributed by atoms with Crippen molar-refractivity contribution < 1.29 is 13.2 Å². The zero-order valence-electron chi connectivity index (χ0n) is 11.0. The number of nitrogens with one attached hydrogen (secondary N) is 3. The van der Waals surface area contributed by atoms with Crippen molar-refractivity contribution in [2.75, 3.05) is 10.0 Å². The average Bonchev–Trinajstić information content (AvgIpc) is 2.86. The molecule has 1 heterocycles. The molecule has 0 aliphatic carbocycles. The van der Waals surface area contributed by atoms with Crippen LogP contribution in [0.3, 0.4) is 0 Å². The second-order valence-electron chi connectivity index (χ2n) is 4.24. The van der Waals surface area contributed by atoms with E-state index < -0.39 is 10.0 Å². The maximum absolute atomic E-state index is 12.0. The second-order valence-corrected chi connectivity index (χ2v) is 5.89. The fourth-order valence-corrected chi connectivity index (χ4v) is 2.62. The third-order valence-corrected chi connectivity index (χ3v) is 3.86. The van der Waals surface area contributed by atoms with E-state index in [0.29, 0.717) is 11.4 Å². The molecule has 3 N–H and O–H groups in total. The summed E-state index contributed by atoms with van der Waals surface area (Å²) >= 11 is 0. The van der Waals surface area contributed by atoms with Crippen molar-refractivity contribution in [3.63, 3.8) is 0 Å². The van der Waals surface area contributed by atoms with E-state index in [4.69, 9.17) is 0 Å². The number of hydrogen-bond donors (Lipinski definition) is 3. The van der Waals surface area contributed by atoms with Gasteiger partial charge >= 0.3 is 0 Å². The Kier molecular flexibility index (Phi) is 3.75. The van der Waals surface area contributed by atoms with E-state index in [1.165, 1.54) is 19.2 Å². The van der Waals surface area contributed by atoms with Gasteiger partial charge in [-0.2, -0.15) is 13.5 Å². The molecule has 8 heteroatoms. The van der Waals surface area contributed by atoms with E-state index >= 15 is 0 Å². The molecule has 0 radical (unpaired) electrons. The van der Waals surface area contributed by atoms with Gasteiger partial charge in [0, 0.05) is 18.3 Å². The number of hydrogen-bond acceptors (Lipinski definition) is 4. The molecule has 20 heavy (non-hydrogen) atoms. The SMILES string of the molecule is CC(=O)Nc1ccc(NS(=O)(=O)c2ccn[nH]2)cc1C. The molecule has 2 rings (SSSR count). The fourth-order valence-electron chi connectivity index (χ4n) is 1.66. The molecule has 1 amide bonds. The minimum atomic E-state index is -3.68. The molecule has 0 unspecified atom stereocenters. The molecule has 106 valence electrons. The van der Waals surface area contributed by atoms with E-state index in [9.17, 15) is 13.2 Å². The predicted molar refractivity (Wildman–Crippen MR) is 74.9 cm³/mol. The van der Waals surface area contributed by atoms with Crippen molar-refractivity contribution in [3.8, 4) is 0 Å². The number of H-pyrrole nitrogens is 1. The van der Waals surface area contributed by atoms with E-state index in [1.807, 2.05) is 0 Å². The molecule has 0 saturated carbocycles. The number of amides is 1. The Morgan fingerprint density at radius 2 is 2.05 bits per heavy atom. The van der Waals surface area contributed by atoms with Crippen LogP contribution < -0.4 is 10.0 Å². The van der Waals surface area contributed by atoms with Gasteiger partial charge in [-0.15, -0.1) is 0 Å². The summed E-state index contributed by atoms with van der Waals surface area (Å²) in [6.07, 6.45) is 1.36. The Bertz CT molecular complexity index is 723. The largest absolute Gasteiger partial charge is 0.326 e. The minimum Gasteiger partial charge on any atom is -0.326 e. The maximum atomic E-state index is 12.0. The molecular weight excluding hydrogens is 280 g/mol. The van der Waals surface area contributed by atoms with Crippen LogP contribution in [-0.4, -0.2) is 24.5 Å². The average molecular weight is 294 g/mol. The Labute approximate surface area is 116 Å². The molecule has 0 bridgehead atoms. The summed E-state index contributed by atoms with van der Waals surface area (Å²) < 4.78 is 26.4. The number of rotatable bonds is 4. The third kappa shape index (κ3) is 3.15. The number of sulfonamides is 1. The van der Waals surface area contributed by atoms with Gasteiger partial charge in [-0.3, -0.25) is 14.6 Å². The van der Waals surface area contributed by atoms with Gasteiger partial charge in [-0.25, -0.2) is 0 Å². The van der Waals surface area contributed by atoms with Gasteiger partial charge in [-0.05, 0) is 36.8 Å². The van der Waals surface area contributed by atoms with Gasteiger partial charge in [0.15, 0.2) is 5.03 Å². The molecule has 1 aromatic carbocycles. The first-order valence-corrected chi connectivity index (χ1v) is 7.27. The number of benzene rings is 1.